The number of fused-ring (bicyclic) bond motifs is 1. The minimum atomic E-state index is -0.0337. The lowest BCUT2D eigenvalue weighted by Gasteiger charge is -2.13. The molecule has 0 saturated heterocycles. The predicted molar refractivity (Wildman–Crippen MR) is 93.9 cm³/mol. The zero-order valence-corrected chi connectivity index (χ0v) is 13.7. The van der Waals surface area contributed by atoms with Gasteiger partial charge in [0.1, 0.15) is 5.82 Å². The maximum atomic E-state index is 12.1. The fourth-order valence-corrected chi connectivity index (χ4v) is 4.23. The Balaban J connectivity index is 1.63. The highest BCUT2D eigenvalue weighted by Gasteiger charge is 2.09. The molecule has 0 bridgehead atoms. The highest BCUT2D eigenvalue weighted by molar-refractivity contribution is 7.37. The number of hydrogen-bond acceptors (Lipinski definition) is 5. The Morgan fingerprint density at radius 3 is 3.00 bits per heavy atom. The second-order valence-electron chi connectivity index (χ2n) is 4.92. The van der Waals surface area contributed by atoms with Gasteiger partial charge in [-0.2, -0.15) is 0 Å². The van der Waals surface area contributed by atoms with E-state index in [1.807, 2.05) is 13.1 Å². The summed E-state index contributed by atoms with van der Waals surface area (Å²) in [5.74, 6) is 0.437. The van der Waals surface area contributed by atoms with Gasteiger partial charge in [0, 0.05) is 29.6 Å². The van der Waals surface area contributed by atoms with Crippen molar-refractivity contribution in [2.45, 2.75) is 6.54 Å². The van der Waals surface area contributed by atoms with Crippen LogP contribution in [0, 0.1) is 0 Å². The van der Waals surface area contributed by atoms with Crippen LogP contribution in [0.4, 0.5) is 5.82 Å². The number of likely N-dealkylation sites (N-methyl/N-ethyl adjacent to an activating group) is 1. The smallest absolute Gasteiger partial charge is 0.246 e. The van der Waals surface area contributed by atoms with Crippen LogP contribution < -0.4 is 5.73 Å². The van der Waals surface area contributed by atoms with Crippen molar-refractivity contribution in [2.75, 3.05) is 12.8 Å². The van der Waals surface area contributed by atoms with Crippen LogP contribution in [-0.2, 0) is 11.3 Å². The molecule has 0 fully saturated rings. The first-order valence-corrected chi connectivity index (χ1v) is 8.42. The van der Waals surface area contributed by atoms with E-state index in [1.54, 1.807) is 52.0 Å². The second-order valence-corrected chi connectivity index (χ2v) is 7.23. The molecule has 3 rings (SSSR count). The van der Waals surface area contributed by atoms with Crippen LogP contribution in [0.2, 0.25) is 0 Å². The van der Waals surface area contributed by atoms with E-state index in [2.05, 4.69) is 22.5 Å². The van der Waals surface area contributed by atoms with Crippen LogP contribution >= 0.6 is 22.7 Å². The van der Waals surface area contributed by atoms with Gasteiger partial charge in [0.05, 0.1) is 10.6 Å². The van der Waals surface area contributed by atoms with Gasteiger partial charge in [0.25, 0.3) is 0 Å². The van der Waals surface area contributed by atoms with Crippen molar-refractivity contribution in [1.82, 2.24) is 9.88 Å². The Labute approximate surface area is 136 Å². The van der Waals surface area contributed by atoms with Crippen LogP contribution in [0.5, 0.6) is 0 Å². The molecule has 0 aliphatic rings. The molecule has 0 unspecified atom stereocenters. The molecule has 4 nitrogen and oxygen atoms in total. The largest absolute Gasteiger partial charge is 0.384 e. The number of amides is 1. The van der Waals surface area contributed by atoms with Gasteiger partial charge in [0.2, 0.25) is 5.91 Å². The van der Waals surface area contributed by atoms with E-state index < -0.39 is 0 Å². The molecule has 3 aromatic rings. The molecule has 0 atom stereocenters. The highest BCUT2D eigenvalue weighted by Crippen LogP contribution is 2.30. The number of carbonyl (C=O) groups excluding carboxylic acids is 1. The second kappa shape index (κ2) is 6.29. The minimum Gasteiger partial charge on any atom is -0.384 e. The molecule has 1 amide bonds. The Morgan fingerprint density at radius 2 is 2.27 bits per heavy atom. The molecule has 6 heteroatoms. The lowest BCUT2D eigenvalue weighted by molar-refractivity contribution is -0.125. The molecular weight excluding hydrogens is 314 g/mol. The van der Waals surface area contributed by atoms with Crippen molar-refractivity contribution in [3.63, 3.8) is 0 Å². The van der Waals surface area contributed by atoms with Gasteiger partial charge in [0.15, 0.2) is 0 Å². The summed E-state index contributed by atoms with van der Waals surface area (Å²) in [4.78, 5) is 19.0. The number of nitrogens with two attached hydrogens (primary N) is 1. The van der Waals surface area contributed by atoms with Gasteiger partial charge in [-0.25, -0.2) is 4.98 Å². The van der Waals surface area contributed by atoms with Crippen molar-refractivity contribution < 1.29 is 4.79 Å². The van der Waals surface area contributed by atoms with Gasteiger partial charge in [-0.15, -0.1) is 22.7 Å². The molecule has 0 aliphatic heterocycles. The number of aromatic nitrogens is 1. The Kier molecular flexibility index (Phi) is 4.22. The maximum absolute atomic E-state index is 12.1. The van der Waals surface area contributed by atoms with Crippen LogP contribution in [0.1, 0.15) is 10.4 Å². The van der Waals surface area contributed by atoms with Gasteiger partial charge in [-0.3, -0.25) is 4.79 Å². The molecule has 3 aromatic heterocycles. The van der Waals surface area contributed by atoms with E-state index in [1.165, 1.54) is 14.3 Å². The Hall–Kier alpha value is -2.18. The van der Waals surface area contributed by atoms with Crippen LogP contribution in [0.25, 0.3) is 15.5 Å². The molecule has 112 valence electrons. The number of carbonyl (C=O) groups is 1. The summed E-state index contributed by atoms with van der Waals surface area (Å²) in [6, 6.07) is 7.80. The molecule has 2 N–H and O–H groups in total. The van der Waals surface area contributed by atoms with Gasteiger partial charge >= 0.3 is 0 Å². The first-order valence-electron chi connectivity index (χ1n) is 6.72. The molecule has 3 heterocycles. The SMILES string of the molecule is CN(Cc1cc2ccsc2s1)C(=O)C=Cc1ccc(N)nc1. The van der Waals surface area contributed by atoms with E-state index in [0.29, 0.717) is 12.4 Å². The number of pyridine rings is 1. The normalized spacial score (nSPS) is 11.3. The first kappa shape index (κ1) is 14.7. The number of anilines is 1. The number of nitrogens with zero attached hydrogens (tertiary/aromatic N) is 2. The van der Waals surface area contributed by atoms with E-state index >= 15 is 0 Å². The third-order valence-corrected chi connectivity index (χ3v) is 5.39. The fraction of sp³-hybridized carbons (Fsp3) is 0.125. The van der Waals surface area contributed by atoms with Crippen molar-refractivity contribution in [2.24, 2.45) is 0 Å². The summed E-state index contributed by atoms with van der Waals surface area (Å²) in [6.45, 7) is 0.620. The standard InChI is InChI=1S/C16H15N3OS2/c1-19(10-13-8-12-6-7-21-16(12)22-13)15(20)5-3-11-2-4-14(17)18-9-11/h2-9H,10H2,1H3,(H2,17,18). The molecule has 0 saturated carbocycles. The number of hydrogen-bond donors (Lipinski definition) is 1. The Bertz CT molecular complexity index is 789. The van der Waals surface area contributed by atoms with Gasteiger partial charge in [-0.05, 0) is 41.3 Å². The van der Waals surface area contributed by atoms with Crippen molar-refractivity contribution in [3.05, 3.63) is 52.4 Å². The van der Waals surface area contributed by atoms with Gasteiger partial charge in [-0.1, -0.05) is 0 Å². The van der Waals surface area contributed by atoms with E-state index in [9.17, 15) is 4.79 Å². The summed E-state index contributed by atoms with van der Waals surface area (Å²) in [5.41, 5.74) is 6.39. The maximum Gasteiger partial charge on any atom is 0.246 e. The number of thiophene rings is 2. The lowest BCUT2D eigenvalue weighted by atomic mass is 10.2. The minimum absolute atomic E-state index is 0.0337. The third-order valence-electron chi connectivity index (χ3n) is 3.20. The highest BCUT2D eigenvalue weighted by atomic mass is 32.2. The monoisotopic (exact) mass is 329 g/mol. The fourth-order valence-electron chi connectivity index (χ4n) is 2.02. The predicted octanol–water partition coefficient (Wildman–Crippen LogP) is 3.61. The molecular formula is C16H15N3OS2. The summed E-state index contributed by atoms with van der Waals surface area (Å²) < 4.78 is 1.30. The average molecular weight is 329 g/mol. The lowest BCUT2D eigenvalue weighted by Crippen LogP contribution is -2.23. The van der Waals surface area contributed by atoms with Crippen LogP contribution in [-0.4, -0.2) is 22.8 Å². The molecule has 22 heavy (non-hydrogen) atoms. The number of nitrogen functional groups attached to an aromatic ring is 1. The third kappa shape index (κ3) is 3.35. The summed E-state index contributed by atoms with van der Waals surface area (Å²) >= 11 is 3.48. The first-order chi connectivity index (χ1) is 10.6. The average Bonchev–Trinajstić information content (AvgIpc) is 3.07. The zero-order chi connectivity index (χ0) is 15.5. The molecule has 0 spiro atoms. The summed E-state index contributed by atoms with van der Waals surface area (Å²) in [5, 5.41) is 3.35. The van der Waals surface area contributed by atoms with E-state index in [0.717, 1.165) is 5.56 Å². The van der Waals surface area contributed by atoms with Crippen LogP contribution in [0.15, 0.2) is 41.9 Å². The molecule has 0 aromatic carbocycles. The molecule has 0 aliphatic carbocycles. The van der Waals surface area contributed by atoms with E-state index in [-0.39, 0.29) is 5.91 Å². The number of rotatable bonds is 4. The summed E-state index contributed by atoms with van der Waals surface area (Å²) in [7, 11) is 1.81. The van der Waals surface area contributed by atoms with Crippen molar-refractivity contribution >= 4 is 49.9 Å². The topological polar surface area (TPSA) is 59.2 Å². The molecule has 0 radical (unpaired) electrons. The van der Waals surface area contributed by atoms with Crippen LogP contribution in [0.3, 0.4) is 0 Å². The summed E-state index contributed by atoms with van der Waals surface area (Å²) in [6.07, 6.45) is 4.95. The van der Waals surface area contributed by atoms with Crippen molar-refractivity contribution in [3.8, 4) is 0 Å². The van der Waals surface area contributed by atoms with Crippen molar-refractivity contribution in [1.29, 1.82) is 0 Å². The van der Waals surface area contributed by atoms with E-state index in [4.69, 9.17) is 5.73 Å². The zero-order valence-electron chi connectivity index (χ0n) is 12.0. The quantitative estimate of drug-likeness (QED) is 0.744. The van der Waals surface area contributed by atoms with Gasteiger partial charge < -0.3 is 10.6 Å². The Morgan fingerprint density at radius 1 is 1.41 bits per heavy atom.